The van der Waals surface area contributed by atoms with E-state index in [-0.39, 0.29) is 10.5 Å². The molecule has 6 heteroatoms. The molecule has 0 spiro atoms. The van der Waals surface area contributed by atoms with E-state index in [1.54, 1.807) is 36.4 Å². The first-order chi connectivity index (χ1) is 10.4. The van der Waals surface area contributed by atoms with Crippen LogP contribution in [0.15, 0.2) is 53.4 Å². The number of anilines is 1. The zero-order chi connectivity index (χ0) is 16.2. The van der Waals surface area contributed by atoms with Gasteiger partial charge in [0.1, 0.15) is 5.75 Å². The maximum Gasteiger partial charge on any atom is 0.257 e. The second-order valence-corrected chi connectivity index (χ2v) is 6.64. The first-order valence-corrected chi connectivity index (χ1v) is 8.65. The number of hydrogen-bond donors (Lipinski definition) is 1. The lowest BCUT2D eigenvalue weighted by atomic mass is 10.2. The lowest BCUT2D eigenvalue weighted by Crippen LogP contribution is -2.16. The van der Waals surface area contributed by atoms with Crippen LogP contribution in [0.1, 0.15) is 17.3 Å². The van der Waals surface area contributed by atoms with Crippen molar-refractivity contribution in [1.82, 2.24) is 0 Å². The van der Waals surface area contributed by atoms with Crippen molar-refractivity contribution in [2.45, 2.75) is 11.8 Å². The molecule has 0 fully saturated rings. The van der Waals surface area contributed by atoms with Crippen LogP contribution in [0, 0.1) is 0 Å². The van der Waals surface area contributed by atoms with Crippen molar-refractivity contribution in [3.05, 3.63) is 54.1 Å². The molecule has 2 aromatic carbocycles. The summed E-state index contributed by atoms with van der Waals surface area (Å²) in [5.41, 5.74) is 0.606. The highest BCUT2D eigenvalue weighted by atomic mass is 32.2. The molecular formula is C16H17NO4S. The highest BCUT2D eigenvalue weighted by Gasteiger charge is 2.19. The van der Waals surface area contributed by atoms with E-state index in [0.29, 0.717) is 18.0 Å². The van der Waals surface area contributed by atoms with Crippen LogP contribution in [-0.2, 0) is 9.84 Å². The third kappa shape index (κ3) is 3.65. The molecule has 2 aromatic rings. The van der Waals surface area contributed by atoms with Gasteiger partial charge in [0.2, 0.25) is 0 Å². The Labute approximate surface area is 129 Å². The SMILES string of the molecule is CCOc1ccccc1NC(=O)c1ccccc1S(C)(=O)=O. The summed E-state index contributed by atoms with van der Waals surface area (Å²) in [5, 5.41) is 2.70. The van der Waals surface area contributed by atoms with Gasteiger partial charge in [0, 0.05) is 6.26 Å². The van der Waals surface area contributed by atoms with E-state index in [0.717, 1.165) is 6.26 Å². The fraction of sp³-hybridized carbons (Fsp3) is 0.188. The molecule has 1 N–H and O–H groups in total. The second-order valence-electron chi connectivity index (χ2n) is 4.65. The van der Waals surface area contributed by atoms with Gasteiger partial charge in [0.15, 0.2) is 9.84 Å². The average Bonchev–Trinajstić information content (AvgIpc) is 2.48. The van der Waals surface area contributed by atoms with Gasteiger partial charge in [0.25, 0.3) is 5.91 Å². The molecule has 0 aliphatic heterocycles. The van der Waals surface area contributed by atoms with Gasteiger partial charge in [-0.1, -0.05) is 24.3 Å². The summed E-state index contributed by atoms with van der Waals surface area (Å²) in [5.74, 6) is 0.0448. The Kier molecular flexibility index (Phi) is 4.82. The molecule has 0 radical (unpaired) electrons. The number of benzene rings is 2. The largest absolute Gasteiger partial charge is 0.492 e. The van der Waals surface area contributed by atoms with Crippen molar-refractivity contribution in [1.29, 1.82) is 0 Å². The molecule has 116 valence electrons. The number of sulfone groups is 1. The van der Waals surface area contributed by atoms with Crippen molar-refractivity contribution >= 4 is 21.4 Å². The van der Waals surface area contributed by atoms with E-state index in [9.17, 15) is 13.2 Å². The van der Waals surface area contributed by atoms with Gasteiger partial charge in [0.05, 0.1) is 22.8 Å². The number of amides is 1. The third-order valence-electron chi connectivity index (χ3n) is 2.97. The molecule has 0 aliphatic carbocycles. The van der Waals surface area contributed by atoms with E-state index in [4.69, 9.17) is 4.74 Å². The fourth-order valence-electron chi connectivity index (χ4n) is 2.02. The summed E-state index contributed by atoms with van der Waals surface area (Å²) in [6, 6.07) is 13.1. The van der Waals surface area contributed by atoms with E-state index >= 15 is 0 Å². The van der Waals surface area contributed by atoms with Crippen LogP contribution >= 0.6 is 0 Å². The fourth-order valence-corrected chi connectivity index (χ4v) is 2.90. The van der Waals surface area contributed by atoms with Crippen LogP contribution in [0.25, 0.3) is 0 Å². The number of rotatable bonds is 5. The van der Waals surface area contributed by atoms with Gasteiger partial charge in [-0.3, -0.25) is 4.79 Å². The van der Waals surface area contributed by atoms with E-state index < -0.39 is 15.7 Å². The van der Waals surface area contributed by atoms with E-state index in [1.807, 2.05) is 6.92 Å². The Morgan fingerprint density at radius 2 is 1.73 bits per heavy atom. The molecule has 0 aromatic heterocycles. The quantitative estimate of drug-likeness (QED) is 0.920. The molecule has 0 bridgehead atoms. The topological polar surface area (TPSA) is 72.5 Å². The first-order valence-electron chi connectivity index (χ1n) is 6.75. The number of para-hydroxylation sites is 2. The summed E-state index contributed by atoms with van der Waals surface area (Å²) >= 11 is 0. The number of nitrogens with one attached hydrogen (secondary N) is 1. The molecule has 0 atom stereocenters. The van der Waals surface area contributed by atoms with E-state index in [1.165, 1.54) is 12.1 Å². The number of carbonyl (C=O) groups excluding carboxylic acids is 1. The average molecular weight is 319 g/mol. The maximum atomic E-state index is 12.4. The summed E-state index contributed by atoms with van der Waals surface area (Å²) in [7, 11) is -3.48. The number of ether oxygens (including phenoxy) is 1. The van der Waals surface area contributed by atoms with Crippen LogP contribution in [-0.4, -0.2) is 27.2 Å². The van der Waals surface area contributed by atoms with Gasteiger partial charge < -0.3 is 10.1 Å². The molecule has 22 heavy (non-hydrogen) atoms. The molecule has 0 unspecified atom stereocenters. The van der Waals surface area contributed by atoms with Crippen LogP contribution < -0.4 is 10.1 Å². The smallest absolute Gasteiger partial charge is 0.257 e. The maximum absolute atomic E-state index is 12.4. The number of carbonyl (C=O) groups is 1. The Hall–Kier alpha value is -2.34. The van der Waals surface area contributed by atoms with Crippen molar-refractivity contribution in [3.8, 4) is 5.75 Å². The monoisotopic (exact) mass is 319 g/mol. The molecule has 0 aliphatic rings. The standard InChI is InChI=1S/C16H17NO4S/c1-3-21-14-10-6-5-9-13(14)17-16(18)12-8-4-7-11-15(12)22(2,19)20/h4-11H,3H2,1-2H3,(H,17,18). The van der Waals surface area contributed by atoms with Gasteiger partial charge in [-0.25, -0.2) is 8.42 Å². The van der Waals surface area contributed by atoms with Crippen molar-refractivity contribution in [3.63, 3.8) is 0 Å². The highest BCUT2D eigenvalue weighted by Crippen LogP contribution is 2.25. The molecule has 0 heterocycles. The third-order valence-corrected chi connectivity index (χ3v) is 4.12. The van der Waals surface area contributed by atoms with Gasteiger partial charge in [-0.05, 0) is 31.2 Å². The Balaban J connectivity index is 2.35. The summed E-state index contributed by atoms with van der Waals surface area (Å²) in [6.07, 6.45) is 1.08. The van der Waals surface area contributed by atoms with Crippen molar-refractivity contribution in [2.24, 2.45) is 0 Å². The molecule has 0 saturated carbocycles. The predicted octanol–water partition coefficient (Wildman–Crippen LogP) is 2.74. The van der Waals surface area contributed by atoms with Crippen LogP contribution in [0.5, 0.6) is 5.75 Å². The predicted molar refractivity (Wildman–Crippen MR) is 85.1 cm³/mol. The Morgan fingerprint density at radius 1 is 1.09 bits per heavy atom. The molecule has 2 rings (SSSR count). The van der Waals surface area contributed by atoms with Gasteiger partial charge in [-0.2, -0.15) is 0 Å². The van der Waals surface area contributed by atoms with Crippen LogP contribution in [0.3, 0.4) is 0 Å². The zero-order valence-electron chi connectivity index (χ0n) is 12.4. The second kappa shape index (κ2) is 6.62. The summed E-state index contributed by atoms with van der Waals surface area (Å²) in [6.45, 7) is 2.31. The molecule has 1 amide bonds. The van der Waals surface area contributed by atoms with Crippen LogP contribution in [0.2, 0.25) is 0 Å². The highest BCUT2D eigenvalue weighted by molar-refractivity contribution is 7.90. The molecule has 5 nitrogen and oxygen atoms in total. The van der Waals surface area contributed by atoms with E-state index in [2.05, 4.69) is 5.32 Å². The Bertz CT molecular complexity index is 784. The lowest BCUT2D eigenvalue weighted by Gasteiger charge is -2.12. The van der Waals surface area contributed by atoms with Gasteiger partial charge in [-0.15, -0.1) is 0 Å². The molecular weight excluding hydrogens is 302 g/mol. The van der Waals surface area contributed by atoms with Gasteiger partial charge >= 0.3 is 0 Å². The van der Waals surface area contributed by atoms with Crippen molar-refractivity contribution < 1.29 is 17.9 Å². The summed E-state index contributed by atoms with van der Waals surface area (Å²) < 4.78 is 29.0. The normalized spacial score (nSPS) is 11.0. The Morgan fingerprint density at radius 3 is 2.41 bits per heavy atom. The van der Waals surface area contributed by atoms with Crippen LogP contribution in [0.4, 0.5) is 5.69 Å². The number of hydrogen-bond acceptors (Lipinski definition) is 4. The summed E-state index contributed by atoms with van der Waals surface area (Å²) in [4.78, 5) is 12.4. The van der Waals surface area contributed by atoms with Crippen molar-refractivity contribution in [2.75, 3.05) is 18.2 Å². The zero-order valence-corrected chi connectivity index (χ0v) is 13.2. The first kappa shape index (κ1) is 16.0. The lowest BCUT2D eigenvalue weighted by molar-refractivity contribution is 0.102. The minimum atomic E-state index is -3.48. The minimum absolute atomic E-state index is 0.00129. The minimum Gasteiger partial charge on any atom is -0.492 e. The molecule has 0 saturated heterocycles.